The van der Waals surface area contributed by atoms with Gasteiger partial charge in [0.05, 0.1) is 23.1 Å². The second-order valence-electron chi connectivity index (χ2n) is 14.9. The number of phenolic OH excluding ortho intramolecular Hbond substituents is 1. The number of likely N-dealkylation sites (N-methyl/N-ethyl adjacent to an activating group) is 1. The number of piperazine rings is 1. The van der Waals surface area contributed by atoms with Gasteiger partial charge in [-0.05, 0) is 118 Å². The van der Waals surface area contributed by atoms with E-state index in [1.165, 1.54) is 12.8 Å². The summed E-state index contributed by atoms with van der Waals surface area (Å²) >= 11 is 0. The molecule has 5 saturated heterocycles. The van der Waals surface area contributed by atoms with Crippen molar-refractivity contribution in [3.8, 4) is 22.9 Å². The van der Waals surface area contributed by atoms with Crippen molar-refractivity contribution in [2.24, 2.45) is 0 Å². The van der Waals surface area contributed by atoms with Gasteiger partial charge in [0.15, 0.2) is 0 Å². The summed E-state index contributed by atoms with van der Waals surface area (Å²) in [7, 11) is 2.12. The fourth-order valence-corrected chi connectivity index (χ4v) is 9.47. The highest BCUT2D eigenvalue weighted by molar-refractivity contribution is 6.01. The lowest BCUT2D eigenvalue weighted by atomic mass is 9.95. The van der Waals surface area contributed by atoms with Crippen molar-refractivity contribution in [3.63, 3.8) is 0 Å². The molecular weight excluding hydrogens is 602 g/mol. The lowest BCUT2D eigenvalue weighted by Crippen LogP contribution is -2.59. The van der Waals surface area contributed by atoms with Crippen molar-refractivity contribution in [1.82, 2.24) is 30.0 Å². The van der Waals surface area contributed by atoms with Crippen LogP contribution in [0.4, 0.5) is 10.6 Å². The number of nitrogens with zero attached hydrogens (tertiary/aromatic N) is 6. The number of aromatic nitrogens is 2. The first-order valence-electron chi connectivity index (χ1n) is 17.9. The highest BCUT2D eigenvalue weighted by Crippen LogP contribution is 2.41. The molecule has 5 aliphatic rings. The molecule has 0 aliphatic carbocycles. The van der Waals surface area contributed by atoms with E-state index in [2.05, 4.69) is 56.2 Å². The highest BCUT2D eigenvalue weighted by Gasteiger charge is 2.46. The number of amides is 2. The number of fused-ring (bicyclic) bond motifs is 5. The van der Waals surface area contributed by atoms with Gasteiger partial charge in [-0.15, -0.1) is 0 Å². The predicted molar refractivity (Wildman–Crippen MR) is 188 cm³/mol. The molecule has 1 aromatic heterocycles. The second kappa shape index (κ2) is 11.8. The van der Waals surface area contributed by atoms with Gasteiger partial charge in [0.2, 0.25) is 0 Å². The number of carbonyl (C=O) groups is 1. The summed E-state index contributed by atoms with van der Waals surface area (Å²) < 4.78 is 6.57. The molecule has 9 rings (SSSR count). The van der Waals surface area contributed by atoms with E-state index in [9.17, 15) is 9.90 Å². The molecule has 0 saturated carbocycles. The summed E-state index contributed by atoms with van der Waals surface area (Å²) in [6.45, 7) is 6.30. The van der Waals surface area contributed by atoms with E-state index in [-0.39, 0.29) is 35.4 Å². The largest absolute Gasteiger partial charge is 0.508 e. The molecule has 250 valence electrons. The first kappa shape index (κ1) is 29.9. The lowest BCUT2D eigenvalue weighted by Gasteiger charge is -2.42. The Labute approximate surface area is 281 Å². The molecule has 2 bridgehead atoms. The zero-order chi connectivity index (χ0) is 32.4. The number of ether oxygens (including phenoxy) is 1. The maximum absolute atomic E-state index is 13.5. The lowest BCUT2D eigenvalue weighted by molar-refractivity contribution is 0.108. The molecule has 5 fully saturated rings. The molecule has 3 aromatic carbocycles. The fourth-order valence-electron chi connectivity index (χ4n) is 9.47. The zero-order valence-corrected chi connectivity index (χ0v) is 27.8. The molecule has 0 unspecified atom stereocenters. The van der Waals surface area contributed by atoms with Crippen molar-refractivity contribution >= 4 is 33.5 Å². The smallest absolute Gasteiger partial charge is 0.319 e. The van der Waals surface area contributed by atoms with Gasteiger partial charge < -0.3 is 29.9 Å². The molecule has 0 radical (unpaired) electrons. The number of urea groups is 1. The third-order valence-corrected chi connectivity index (χ3v) is 11.8. The minimum Gasteiger partial charge on any atom is -0.508 e. The van der Waals surface area contributed by atoms with Crippen LogP contribution in [0.2, 0.25) is 0 Å². The van der Waals surface area contributed by atoms with Gasteiger partial charge in [0, 0.05) is 31.1 Å². The van der Waals surface area contributed by atoms with Gasteiger partial charge in [-0.3, -0.25) is 4.90 Å². The topological polar surface area (TPSA) is 97.3 Å². The first-order chi connectivity index (χ1) is 23.4. The molecule has 48 heavy (non-hydrogen) atoms. The normalized spacial score (nSPS) is 25.3. The molecule has 6 heterocycles. The van der Waals surface area contributed by atoms with Crippen molar-refractivity contribution in [2.75, 3.05) is 57.8 Å². The number of aromatic hydroxyl groups is 1. The van der Waals surface area contributed by atoms with Crippen LogP contribution in [-0.4, -0.2) is 112 Å². The quantitative estimate of drug-likeness (QED) is 0.294. The van der Waals surface area contributed by atoms with Crippen LogP contribution in [0, 0.1) is 0 Å². The van der Waals surface area contributed by atoms with E-state index in [1.54, 1.807) is 6.07 Å². The standard InChI is InChI=1S/C38H45N7O3/c1-42-17-12-27(21-42)39-37(47)45-28-9-10-29(45)23-43(22-28)35-32-11-8-26(33-20-30(46)18-25-6-2-3-7-31(25)33)19-34(32)40-36(41-35)48-24-38-13-4-15-44(38)16-5-14-38/h2-3,6-8,11,18-20,27-29,46H,4-5,9-10,12-17,21-24H2,1H3,(H,39,47)/t27-,28-,29+/m1/s1. The SMILES string of the molecule is CN1CC[C@@H](NC(=O)N2[C@@H]3CC[C@H]2CN(c2nc(OCC45CCCN4CCC5)nc4cc(-c5cc(O)cc6ccccc56)ccc24)C3)C1. The minimum atomic E-state index is 0.0823. The van der Waals surface area contributed by atoms with Crippen molar-refractivity contribution in [1.29, 1.82) is 0 Å². The van der Waals surface area contributed by atoms with Gasteiger partial charge in [0.1, 0.15) is 18.2 Å². The third kappa shape index (κ3) is 5.20. The molecule has 10 heteroatoms. The summed E-state index contributed by atoms with van der Waals surface area (Å²) in [5, 5.41) is 17.0. The van der Waals surface area contributed by atoms with E-state index in [0.29, 0.717) is 12.6 Å². The van der Waals surface area contributed by atoms with Crippen molar-refractivity contribution in [2.45, 2.75) is 68.6 Å². The molecule has 5 aliphatic heterocycles. The Bertz CT molecular complexity index is 1860. The number of likely N-dealkylation sites (tertiary alicyclic amines) is 1. The van der Waals surface area contributed by atoms with Crippen LogP contribution in [0.15, 0.2) is 54.6 Å². The number of nitrogens with one attached hydrogen (secondary N) is 1. The number of phenols is 1. The molecule has 10 nitrogen and oxygen atoms in total. The Morgan fingerprint density at radius 1 is 0.938 bits per heavy atom. The van der Waals surface area contributed by atoms with Crippen LogP contribution in [0.5, 0.6) is 11.8 Å². The summed E-state index contributed by atoms with van der Waals surface area (Å²) in [4.78, 5) is 33.1. The Balaban J connectivity index is 1.06. The van der Waals surface area contributed by atoms with E-state index < -0.39 is 0 Å². The molecule has 4 aromatic rings. The number of benzene rings is 3. The number of rotatable bonds is 6. The van der Waals surface area contributed by atoms with Crippen LogP contribution in [-0.2, 0) is 0 Å². The number of hydrogen-bond donors (Lipinski definition) is 2. The predicted octanol–water partition coefficient (Wildman–Crippen LogP) is 5.23. The van der Waals surface area contributed by atoms with Crippen LogP contribution >= 0.6 is 0 Å². The van der Waals surface area contributed by atoms with Crippen molar-refractivity contribution < 1.29 is 14.6 Å². The summed E-state index contributed by atoms with van der Waals surface area (Å²) in [5.41, 5.74) is 2.87. The minimum absolute atomic E-state index is 0.0823. The van der Waals surface area contributed by atoms with E-state index >= 15 is 0 Å². The maximum atomic E-state index is 13.5. The first-order valence-corrected chi connectivity index (χ1v) is 17.9. The molecular formula is C38H45N7O3. The van der Waals surface area contributed by atoms with Gasteiger partial charge in [-0.2, -0.15) is 9.97 Å². The van der Waals surface area contributed by atoms with Gasteiger partial charge in [0.25, 0.3) is 0 Å². The molecule has 0 spiro atoms. The van der Waals surface area contributed by atoms with Crippen LogP contribution in [0.3, 0.4) is 0 Å². The summed E-state index contributed by atoms with van der Waals surface area (Å²) in [5.74, 6) is 1.12. The van der Waals surface area contributed by atoms with Crippen molar-refractivity contribution in [3.05, 3.63) is 54.6 Å². The second-order valence-corrected chi connectivity index (χ2v) is 14.9. The Hall–Kier alpha value is -4.15. The average Bonchev–Trinajstić information content (AvgIpc) is 3.85. The number of hydrogen-bond acceptors (Lipinski definition) is 8. The molecule has 2 amide bonds. The van der Waals surface area contributed by atoms with E-state index in [0.717, 1.165) is 110 Å². The zero-order valence-electron chi connectivity index (χ0n) is 27.8. The maximum Gasteiger partial charge on any atom is 0.319 e. The van der Waals surface area contributed by atoms with Gasteiger partial charge >= 0.3 is 12.0 Å². The number of anilines is 1. The summed E-state index contributed by atoms with van der Waals surface area (Å²) in [6, 6.07) is 19.1. The monoisotopic (exact) mass is 647 g/mol. The fraction of sp³-hybridized carbons (Fsp3) is 0.500. The van der Waals surface area contributed by atoms with Gasteiger partial charge in [-0.25, -0.2) is 4.79 Å². The average molecular weight is 648 g/mol. The highest BCUT2D eigenvalue weighted by atomic mass is 16.5. The van der Waals surface area contributed by atoms with Crippen LogP contribution < -0.4 is 15.0 Å². The summed E-state index contributed by atoms with van der Waals surface area (Å²) in [6.07, 6.45) is 7.75. The van der Waals surface area contributed by atoms with Gasteiger partial charge in [-0.1, -0.05) is 30.3 Å². The molecule has 2 N–H and O–H groups in total. The van der Waals surface area contributed by atoms with E-state index in [4.69, 9.17) is 14.7 Å². The van der Waals surface area contributed by atoms with Crippen LogP contribution in [0.1, 0.15) is 44.9 Å². The third-order valence-electron chi connectivity index (χ3n) is 11.8. The Kier molecular flexibility index (Phi) is 7.34. The van der Waals surface area contributed by atoms with Crippen LogP contribution in [0.25, 0.3) is 32.8 Å². The Morgan fingerprint density at radius 2 is 1.73 bits per heavy atom. The number of carbonyl (C=O) groups excluding carboxylic acids is 1. The van der Waals surface area contributed by atoms with E-state index in [1.807, 2.05) is 24.3 Å². The Morgan fingerprint density at radius 3 is 2.50 bits per heavy atom. The molecule has 3 atom stereocenters.